The van der Waals surface area contributed by atoms with Crippen LogP contribution < -0.4 is 34.1 Å². The molecular weight excluding hydrogens is 1020 g/mol. The molecule has 4 N–H and O–H groups in total. The van der Waals surface area contributed by atoms with Crippen LogP contribution in [-0.4, -0.2) is 118 Å². The second-order valence-corrected chi connectivity index (χ2v) is 22.0. The minimum atomic E-state index is -4.35. The Balaban J connectivity index is 0.000000269. The third kappa shape index (κ3) is 17.0. The van der Waals surface area contributed by atoms with Crippen molar-refractivity contribution in [3.63, 3.8) is 0 Å². The molecule has 65 heavy (non-hydrogen) atoms. The van der Waals surface area contributed by atoms with E-state index in [0.717, 1.165) is 46.5 Å². The lowest BCUT2D eigenvalue weighted by molar-refractivity contribution is -0.193. The first-order valence-corrected chi connectivity index (χ1v) is 26.9. The number of carboxylic acid groups (broad SMARTS) is 1. The highest BCUT2D eigenvalue weighted by Gasteiger charge is 2.25. The second kappa shape index (κ2) is 25.3. The lowest BCUT2D eigenvalue weighted by Crippen LogP contribution is -2.31. The molecule has 0 bridgehead atoms. The van der Waals surface area contributed by atoms with Gasteiger partial charge in [-0.05, 0) is 65.8 Å². The van der Waals surface area contributed by atoms with Gasteiger partial charge in [-0.3, -0.25) is 29.1 Å². The third-order valence-corrected chi connectivity index (χ3v) is 12.6. The van der Waals surface area contributed by atoms with Crippen LogP contribution in [0, 0.1) is 12.7 Å². The van der Waals surface area contributed by atoms with Crippen LogP contribution in [0.25, 0.3) is 5.78 Å². The topological polar surface area (TPSA) is 283 Å². The zero-order valence-electron chi connectivity index (χ0n) is 35.5. The summed E-state index contributed by atoms with van der Waals surface area (Å²) in [6, 6.07) is 7.30. The molecule has 0 fully saturated rings. The number of halogens is 4. The van der Waals surface area contributed by atoms with E-state index in [4.69, 9.17) is 54.3 Å². The Morgan fingerprint density at radius 1 is 1.06 bits per heavy atom. The molecule has 1 atom stereocenters. The van der Waals surface area contributed by atoms with Crippen molar-refractivity contribution in [2.75, 3.05) is 63.4 Å². The molecule has 358 valence electrons. The van der Waals surface area contributed by atoms with Crippen LogP contribution in [0.15, 0.2) is 50.2 Å². The summed E-state index contributed by atoms with van der Waals surface area (Å²) >= 11 is 20.4. The number of anilines is 1. The predicted octanol–water partition coefficient (Wildman–Crippen LogP) is 4.01. The normalized spacial score (nSPS) is 13.2. The highest BCUT2D eigenvalue weighted by atomic mass is 35.5. The third-order valence-electron chi connectivity index (χ3n) is 7.69. The fourth-order valence-corrected chi connectivity index (χ4v) is 8.75. The molecule has 0 aliphatic carbocycles. The SMILES string of the molecule is COC(=O)CSc1cc(N=c2sc(=O)n3n2CCCC3)c(F)cc1Cl.COc1cc(OC)n2nc(S(=O)(=O)Nc3c(Cl)ccc(C)c3Cl)nc2n1.C[S+](C)C.O=C(O)CNCP(=O)([O-])O. The largest absolute Gasteiger partial charge is 0.778 e. The smallest absolute Gasteiger partial charge is 0.325 e. The number of aliphatic carboxylic acids is 1. The van der Waals surface area contributed by atoms with Gasteiger partial charge < -0.3 is 33.7 Å². The molecule has 1 aliphatic rings. The summed E-state index contributed by atoms with van der Waals surface area (Å²) in [7, 11) is -3.78. The molecule has 30 heteroatoms. The number of rotatable bonds is 13. The molecule has 3 aromatic heterocycles. The van der Waals surface area contributed by atoms with E-state index < -0.39 is 53.4 Å². The fraction of sp³-hybridized carbons (Fsp3) is 0.400. The van der Waals surface area contributed by atoms with E-state index in [1.807, 2.05) is 5.32 Å². The molecule has 1 unspecified atom stereocenters. The maximum Gasteiger partial charge on any atom is 0.325 e. The maximum absolute atomic E-state index is 14.3. The average molecular weight is 1070 g/mol. The number of carbonyl (C=O) groups excluding carboxylic acids is 1. The molecule has 0 amide bonds. The van der Waals surface area contributed by atoms with Gasteiger partial charge in [-0.25, -0.2) is 14.1 Å². The van der Waals surface area contributed by atoms with E-state index in [1.54, 1.807) is 22.4 Å². The van der Waals surface area contributed by atoms with Crippen molar-refractivity contribution in [1.29, 1.82) is 0 Å². The van der Waals surface area contributed by atoms with Gasteiger partial charge in [0.05, 0.1) is 85.5 Å². The van der Waals surface area contributed by atoms with Gasteiger partial charge in [-0.15, -0.1) is 16.9 Å². The lowest BCUT2D eigenvalue weighted by Gasteiger charge is -2.15. The molecular formula is C35H44Cl3FN9O12PS4. The first-order chi connectivity index (χ1) is 30.4. The Morgan fingerprint density at radius 3 is 2.29 bits per heavy atom. The van der Waals surface area contributed by atoms with Crippen molar-refractivity contribution in [2.45, 2.75) is 42.9 Å². The molecule has 2 aromatic carbocycles. The first kappa shape index (κ1) is 55.4. The molecule has 5 aromatic rings. The monoisotopic (exact) mass is 1070 g/mol. The number of hydrogen-bond donors (Lipinski definition) is 4. The number of esters is 1. The number of aryl methyl sites for hydroxylation is 1. The van der Waals surface area contributed by atoms with Crippen molar-refractivity contribution in [3.8, 4) is 11.8 Å². The number of hydrogen-bond acceptors (Lipinski definition) is 17. The highest BCUT2D eigenvalue weighted by molar-refractivity contribution is 8.00. The summed E-state index contributed by atoms with van der Waals surface area (Å²) in [6.45, 7) is 2.57. The Kier molecular flexibility index (Phi) is 21.5. The van der Waals surface area contributed by atoms with Gasteiger partial charge in [0, 0.05) is 18.0 Å². The van der Waals surface area contributed by atoms with E-state index >= 15 is 0 Å². The van der Waals surface area contributed by atoms with Gasteiger partial charge in [-0.2, -0.15) is 22.9 Å². The molecule has 21 nitrogen and oxygen atoms in total. The van der Waals surface area contributed by atoms with E-state index in [-0.39, 0.29) is 54.6 Å². The van der Waals surface area contributed by atoms with E-state index in [0.29, 0.717) is 39.2 Å². The van der Waals surface area contributed by atoms with Gasteiger partial charge in [0.1, 0.15) is 19.1 Å². The van der Waals surface area contributed by atoms with E-state index in [2.05, 4.69) is 48.3 Å². The standard InChI is InChI=1S/C15H15ClFN3O3S2.C14H13Cl2N5O4S.C3H8NO5P.C3H9S/c1-23-13(21)8-24-12-7-11(10(17)6-9(12)16)18-14-19-4-2-3-5-20(19)15(22)25-14;1-7-4-5-8(15)12(11(7)16)20-26(22,23)14-18-13-17-9(24-2)6-10(25-3)21(13)19-14;5-3(6)1-4-2-10(7,8)9;1-4(2)3/h6-7H,2-5,8H2,1H3;4-6,20H,1-3H3;4H,1-2H2,(H,5,6)(H2,7,8,9);1-3H3/q;;;+1/p-1. The summed E-state index contributed by atoms with van der Waals surface area (Å²) in [5.41, 5.74) is 0.786. The van der Waals surface area contributed by atoms with Crippen LogP contribution in [0.3, 0.4) is 0 Å². The van der Waals surface area contributed by atoms with Gasteiger partial charge in [0.2, 0.25) is 16.6 Å². The number of carboxylic acids is 1. The van der Waals surface area contributed by atoms with E-state index in [1.165, 1.54) is 39.5 Å². The van der Waals surface area contributed by atoms with Gasteiger partial charge >= 0.3 is 16.8 Å². The Labute approximate surface area is 397 Å². The predicted molar refractivity (Wildman–Crippen MR) is 247 cm³/mol. The van der Waals surface area contributed by atoms with Crippen LogP contribution >= 0.6 is 65.5 Å². The number of fused-ring (bicyclic) bond motifs is 2. The molecule has 6 rings (SSSR count). The van der Waals surface area contributed by atoms with Crippen molar-refractivity contribution < 1.29 is 56.1 Å². The number of aromatic nitrogens is 6. The minimum Gasteiger partial charge on any atom is -0.778 e. The highest BCUT2D eigenvalue weighted by Crippen LogP contribution is 2.35. The van der Waals surface area contributed by atoms with Crippen LogP contribution in [0.2, 0.25) is 15.1 Å². The Bertz CT molecular complexity index is 2770. The number of carbonyl (C=O) groups is 2. The quantitative estimate of drug-likeness (QED) is 0.0561. The zero-order valence-corrected chi connectivity index (χ0v) is 42.0. The van der Waals surface area contributed by atoms with Crippen LogP contribution in [0.1, 0.15) is 18.4 Å². The van der Waals surface area contributed by atoms with Crippen molar-refractivity contribution in [2.24, 2.45) is 4.99 Å². The lowest BCUT2D eigenvalue weighted by atomic mass is 10.2. The molecule has 1 aliphatic heterocycles. The first-order valence-electron chi connectivity index (χ1n) is 18.2. The number of benzene rings is 2. The Hall–Kier alpha value is -3.95. The van der Waals surface area contributed by atoms with Crippen molar-refractivity contribution in [1.82, 2.24) is 34.3 Å². The summed E-state index contributed by atoms with van der Waals surface area (Å²) in [6.07, 6.45) is 7.77. The number of nitrogens with zero attached hydrogens (tertiary/aromatic N) is 7. The maximum atomic E-state index is 14.3. The molecule has 4 heterocycles. The van der Waals surface area contributed by atoms with Crippen LogP contribution in [0.5, 0.6) is 11.8 Å². The van der Waals surface area contributed by atoms with Crippen molar-refractivity contribution in [3.05, 3.63) is 71.2 Å². The number of ether oxygens (including phenoxy) is 3. The summed E-state index contributed by atoms with van der Waals surface area (Å²) in [4.78, 5) is 64.2. The van der Waals surface area contributed by atoms with Gasteiger partial charge in [0.15, 0.2) is 0 Å². The van der Waals surface area contributed by atoms with E-state index in [9.17, 15) is 36.7 Å². The molecule has 0 radical (unpaired) electrons. The number of sulfonamides is 1. The average Bonchev–Trinajstić information content (AvgIpc) is 3.82. The summed E-state index contributed by atoms with van der Waals surface area (Å²) < 4.78 is 71.2. The zero-order chi connectivity index (χ0) is 48.8. The molecule has 0 saturated heterocycles. The second-order valence-electron chi connectivity index (χ2n) is 13.3. The number of thioether (sulfide) groups is 1. The number of nitrogens with one attached hydrogen (secondary N) is 2. The van der Waals surface area contributed by atoms with Crippen molar-refractivity contribution >= 4 is 116 Å². The fourth-order valence-electron chi connectivity index (χ4n) is 4.83. The molecule has 0 spiro atoms. The van der Waals surface area contributed by atoms with Gasteiger partial charge in [0.25, 0.3) is 21.0 Å². The van der Waals surface area contributed by atoms with Gasteiger partial charge in [-0.1, -0.05) is 40.9 Å². The number of methoxy groups -OCH3 is 3. The summed E-state index contributed by atoms with van der Waals surface area (Å²) in [5.74, 6) is -1.71. The van der Waals surface area contributed by atoms with Crippen LogP contribution in [0.4, 0.5) is 15.8 Å². The Morgan fingerprint density at radius 2 is 1.71 bits per heavy atom. The van der Waals surface area contributed by atoms with Crippen LogP contribution in [-0.2, 0) is 52.9 Å². The minimum absolute atomic E-state index is 0.0111. The summed E-state index contributed by atoms with van der Waals surface area (Å²) in [5, 5.41) is 13.9. The molecule has 0 saturated carbocycles.